The van der Waals surface area contributed by atoms with Crippen LogP contribution in [-0.2, 0) is 9.59 Å². The number of carbonyl (C=O) groups is 2. The summed E-state index contributed by atoms with van der Waals surface area (Å²) < 4.78 is 6.87. The highest BCUT2D eigenvalue weighted by Crippen LogP contribution is 2.52. The van der Waals surface area contributed by atoms with E-state index in [-0.39, 0.29) is 41.2 Å². The van der Waals surface area contributed by atoms with Crippen LogP contribution in [0.5, 0.6) is 5.75 Å². The van der Waals surface area contributed by atoms with Gasteiger partial charge in [-0.1, -0.05) is 12.2 Å². The zero-order chi connectivity index (χ0) is 22.7. The molecule has 2 bridgehead atoms. The minimum absolute atomic E-state index is 0.0877. The largest absolute Gasteiger partial charge is 0.496 e. The van der Waals surface area contributed by atoms with Crippen molar-refractivity contribution in [1.82, 2.24) is 9.58 Å². The van der Waals surface area contributed by atoms with Crippen molar-refractivity contribution in [3.05, 3.63) is 63.5 Å². The van der Waals surface area contributed by atoms with Crippen LogP contribution in [0.3, 0.4) is 0 Å². The standard InChI is InChI=1S/C23H22N4O5/c1-12-8-16(13(2)25(12)18-7-6-17(32-3)10-19(18)27(30)31)11-24-26-22(28)20-14-4-5-15(9-14)21(20)23(26)29/h4-8,10-11,14-15,20-21H,9H2,1-3H3. The van der Waals surface area contributed by atoms with E-state index in [2.05, 4.69) is 5.10 Å². The van der Waals surface area contributed by atoms with E-state index in [4.69, 9.17) is 4.74 Å². The van der Waals surface area contributed by atoms with E-state index in [1.807, 2.05) is 32.1 Å². The Bertz CT molecular complexity index is 1200. The van der Waals surface area contributed by atoms with E-state index in [1.54, 1.807) is 16.7 Å². The first kappa shape index (κ1) is 20.2. The highest BCUT2D eigenvalue weighted by Gasteiger charge is 2.59. The number of hydrogen-bond donors (Lipinski definition) is 0. The molecule has 1 saturated heterocycles. The molecular weight excluding hydrogens is 412 g/mol. The zero-order valence-corrected chi connectivity index (χ0v) is 17.9. The molecule has 4 unspecified atom stereocenters. The second-order valence-corrected chi connectivity index (χ2v) is 8.51. The molecule has 5 rings (SSSR count). The molecule has 164 valence electrons. The zero-order valence-electron chi connectivity index (χ0n) is 17.9. The summed E-state index contributed by atoms with van der Waals surface area (Å²) in [5, 5.41) is 16.9. The summed E-state index contributed by atoms with van der Waals surface area (Å²) in [4.78, 5) is 36.9. The quantitative estimate of drug-likeness (QED) is 0.236. The average Bonchev–Trinajstić information content (AvgIpc) is 3.51. The Labute approximate surface area is 184 Å². The van der Waals surface area contributed by atoms with Crippen molar-refractivity contribution < 1.29 is 19.2 Å². The van der Waals surface area contributed by atoms with E-state index < -0.39 is 4.92 Å². The normalized spacial score (nSPS) is 25.9. The second-order valence-electron chi connectivity index (χ2n) is 8.51. The number of aromatic nitrogens is 1. The predicted molar refractivity (Wildman–Crippen MR) is 116 cm³/mol. The van der Waals surface area contributed by atoms with Gasteiger partial charge in [0.05, 0.1) is 36.1 Å². The number of nitro groups is 1. The first-order valence-corrected chi connectivity index (χ1v) is 10.4. The van der Waals surface area contributed by atoms with Crippen molar-refractivity contribution in [1.29, 1.82) is 0 Å². The van der Waals surface area contributed by atoms with Crippen LogP contribution in [-0.4, -0.2) is 39.6 Å². The number of aryl methyl sites for hydroxylation is 1. The molecule has 9 heteroatoms. The van der Waals surface area contributed by atoms with Gasteiger partial charge in [-0.3, -0.25) is 19.7 Å². The summed E-state index contributed by atoms with van der Waals surface area (Å²) in [5.74, 6) is -0.442. The fourth-order valence-corrected chi connectivity index (χ4v) is 5.37. The van der Waals surface area contributed by atoms with Crippen LogP contribution in [0.2, 0.25) is 0 Å². The van der Waals surface area contributed by atoms with Crippen LogP contribution < -0.4 is 4.74 Å². The van der Waals surface area contributed by atoms with Crippen LogP contribution >= 0.6 is 0 Å². The van der Waals surface area contributed by atoms with E-state index in [9.17, 15) is 19.7 Å². The number of nitro benzene ring substituents is 1. The Balaban J connectivity index is 1.47. The molecule has 32 heavy (non-hydrogen) atoms. The van der Waals surface area contributed by atoms with Gasteiger partial charge in [0, 0.05) is 17.0 Å². The molecule has 4 atom stereocenters. The highest BCUT2D eigenvalue weighted by molar-refractivity contribution is 6.06. The van der Waals surface area contributed by atoms with Gasteiger partial charge < -0.3 is 9.30 Å². The number of rotatable bonds is 5. The SMILES string of the molecule is COc1ccc(-n2c(C)cc(C=NN3C(=O)C4C5C=CC(C5)C4C3=O)c2C)c([N+](=O)[O-])c1. The third-order valence-electron chi connectivity index (χ3n) is 6.85. The Kier molecular flexibility index (Phi) is 4.51. The maximum atomic E-state index is 12.8. The molecule has 1 aromatic heterocycles. The lowest BCUT2D eigenvalue weighted by molar-refractivity contribution is -0.384. The van der Waals surface area contributed by atoms with Gasteiger partial charge in [0.2, 0.25) is 0 Å². The van der Waals surface area contributed by atoms with Crippen LogP contribution in [0.4, 0.5) is 5.69 Å². The number of benzene rings is 1. The first-order chi connectivity index (χ1) is 15.3. The molecule has 3 aliphatic rings. The van der Waals surface area contributed by atoms with E-state index in [1.165, 1.54) is 19.4 Å². The fourth-order valence-electron chi connectivity index (χ4n) is 5.37. The number of hydrazone groups is 1. The molecule has 1 saturated carbocycles. The molecule has 2 fully saturated rings. The van der Waals surface area contributed by atoms with E-state index in [0.29, 0.717) is 22.7 Å². The number of methoxy groups -OCH3 is 1. The number of allylic oxidation sites excluding steroid dienone is 2. The number of fused-ring (bicyclic) bond motifs is 5. The predicted octanol–water partition coefficient (Wildman–Crippen LogP) is 3.15. The number of imide groups is 1. The van der Waals surface area contributed by atoms with Crippen molar-refractivity contribution in [2.45, 2.75) is 20.3 Å². The number of amides is 2. The number of ether oxygens (including phenoxy) is 1. The van der Waals surface area contributed by atoms with Gasteiger partial charge in [-0.15, -0.1) is 0 Å². The monoisotopic (exact) mass is 434 g/mol. The van der Waals surface area contributed by atoms with Crippen LogP contribution in [0.15, 0.2) is 41.5 Å². The summed E-state index contributed by atoms with van der Waals surface area (Å²) in [6.07, 6.45) is 6.44. The fraction of sp³-hybridized carbons (Fsp3) is 0.348. The van der Waals surface area contributed by atoms with Gasteiger partial charge >= 0.3 is 0 Å². The average molecular weight is 434 g/mol. The molecule has 2 aromatic rings. The van der Waals surface area contributed by atoms with Gasteiger partial charge in [0.25, 0.3) is 17.5 Å². The van der Waals surface area contributed by atoms with Gasteiger partial charge in [-0.25, -0.2) is 0 Å². The molecule has 0 N–H and O–H groups in total. The Morgan fingerprint density at radius 3 is 2.38 bits per heavy atom. The maximum Gasteiger partial charge on any atom is 0.296 e. The number of hydrogen-bond acceptors (Lipinski definition) is 6. The maximum absolute atomic E-state index is 12.8. The summed E-state index contributed by atoms with van der Waals surface area (Å²) in [6, 6.07) is 6.50. The minimum atomic E-state index is -0.451. The lowest BCUT2D eigenvalue weighted by atomic mass is 9.85. The van der Waals surface area contributed by atoms with Crippen LogP contribution in [0, 0.1) is 47.6 Å². The van der Waals surface area contributed by atoms with Gasteiger partial charge in [-0.05, 0) is 50.3 Å². The van der Waals surface area contributed by atoms with Gasteiger partial charge in [0.15, 0.2) is 0 Å². The Hall–Kier alpha value is -3.75. The Morgan fingerprint density at radius 2 is 1.78 bits per heavy atom. The number of nitrogens with zero attached hydrogens (tertiary/aromatic N) is 4. The number of carbonyl (C=O) groups excluding carboxylic acids is 2. The minimum Gasteiger partial charge on any atom is -0.496 e. The highest BCUT2D eigenvalue weighted by atomic mass is 16.6. The summed E-state index contributed by atoms with van der Waals surface area (Å²) in [7, 11) is 1.45. The topological polar surface area (TPSA) is 107 Å². The third kappa shape index (κ3) is 2.80. The lowest BCUT2D eigenvalue weighted by Crippen LogP contribution is -2.28. The molecule has 2 aliphatic carbocycles. The van der Waals surface area contributed by atoms with Crippen molar-refractivity contribution >= 4 is 23.7 Å². The van der Waals surface area contributed by atoms with E-state index >= 15 is 0 Å². The Morgan fingerprint density at radius 1 is 1.12 bits per heavy atom. The van der Waals surface area contributed by atoms with E-state index in [0.717, 1.165) is 17.1 Å². The third-order valence-corrected chi connectivity index (χ3v) is 6.85. The molecule has 9 nitrogen and oxygen atoms in total. The van der Waals surface area contributed by atoms with Crippen molar-refractivity contribution in [2.75, 3.05) is 7.11 Å². The molecule has 1 aromatic carbocycles. The lowest BCUT2D eigenvalue weighted by Gasteiger charge is -2.13. The molecule has 2 heterocycles. The molecule has 0 spiro atoms. The first-order valence-electron chi connectivity index (χ1n) is 10.4. The van der Waals surface area contributed by atoms with Crippen molar-refractivity contribution in [3.63, 3.8) is 0 Å². The summed E-state index contributed by atoms with van der Waals surface area (Å²) in [5.41, 5.74) is 2.45. The smallest absolute Gasteiger partial charge is 0.296 e. The van der Waals surface area contributed by atoms with Crippen molar-refractivity contribution in [2.24, 2.45) is 28.8 Å². The second kappa shape index (κ2) is 7.15. The molecule has 2 amide bonds. The van der Waals surface area contributed by atoms with Crippen molar-refractivity contribution in [3.8, 4) is 11.4 Å². The summed E-state index contributed by atoms with van der Waals surface area (Å²) in [6.45, 7) is 3.65. The van der Waals surface area contributed by atoms with Gasteiger partial charge in [-0.2, -0.15) is 10.1 Å². The van der Waals surface area contributed by atoms with Crippen LogP contribution in [0.25, 0.3) is 5.69 Å². The molecule has 1 aliphatic heterocycles. The molecular formula is C23H22N4O5. The molecule has 0 radical (unpaired) electrons. The van der Waals surface area contributed by atoms with Crippen LogP contribution in [0.1, 0.15) is 23.4 Å². The van der Waals surface area contributed by atoms with Gasteiger partial charge in [0.1, 0.15) is 11.4 Å². The summed E-state index contributed by atoms with van der Waals surface area (Å²) >= 11 is 0.